The Labute approximate surface area is 114 Å². The van der Waals surface area contributed by atoms with Crippen molar-refractivity contribution in [3.8, 4) is 0 Å². The number of aliphatic carboxylic acids is 1. The fraction of sp³-hybridized carbons (Fsp3) is 0.214. The van der Waals surface area contributed by atoms with Crippen molar-refractivity contribution in [1.29, 1.82) is 0 Å². The zero-order chi connectivity index (χ0) is 14.7. The van der Waals surface area contributed by atoms with E-state index in [4.69, 9.17) is 9.52 Å². The molecule has 0 aliphatic heterocycles. The molecule has 0 fully saturated rings. The first kappa shape index (κ1) is 13.8. The second kappa shape index (κ2) is 5.56. The van der Waals surface area contributed by atoms with Crippen molar-refractivity contribution in [3.63, 3.8) is 0 Å². The maximum Gasteiger partial charge on any atom is 0.349 e. The van der Waals surface area contributed by atoms with Crippen LogP contribution in [0.5, 0.6) is 0 Å². The molecule has 2 N–H and O–H groups in total. The third-order valence-corrected chi connectivity index (χ3v) is 2.88. The molecule has 0 aliphatic carbocycles. The van der Waals surface area contributed by atoms with Gasteiger partial charge in [-0.3, -0.25) is 9.59 Å². The smallest absolute Gasteiger partial charge is 0.349 e. The molecule has 1 heterocycles. The highest BCUT2D eigenvalue weighted by molar-refractivity contribution is 5.96. The van der Waals surface area contributed by atoms with Crippen LogP contribution in [0.25, 0.3) is 11.0 Å². The molecule has 6 heteroatoms. The van der Waals surface area contributed by atoms with Crippen LogP contribution in [-0.2, 0) is 4.79 Å². The van der Waals surface area contributed by atoms with Crippen LogP contribution in [-0.4, -0.2) is 23.5 Å². The summed E-state index contributed by atoms with van der Waals surface area (Å²) in [5.41, 5.74) is -0.488. The molecule has 2 aromatic rings. The standard InChI is InChI=1S/C14H13NO5/c1-8(13(17)18)7-15-12(16)10-6-9-4-2-3-5-11(9)20-14(10)19/h2-6,8H,7H2,1H3,(H,15,16)(H,17,18). The van der Waals surface area contributed by atoms with E-state index >= 15 is 0 Å². The van der Waals surface area contributed by atoms with Crippen LogP contribution in [0, 0.1) is 5.92 Å². The molecular weight excluding hydrogens is 262 g/mol. The Morgan fingerprint density at radius 1 is 1.35 bits per heavy atom. The molecular formula is C14H13NO5. The summed E-state index contributed by atoms with van der Waals surface area (Å²) in [6, 6.07) is 8.26. The number of carboxylic acid groups (broad SMARTS) is 1. The minimum atomic E-state index is -1.02. The van der Waals surface area contributed by atoms with Gasteiger partial charge in [0.25, 0.3) is 5.91 Å². The molecule has 1 atom stereocenters. The Bertz CT molecular complexity index is 719. The van der Waals surface area contributed by atoms with Crippen LogP contribution in [0.4, 0.5) is 0 Å². The average Bonchev–Trinajstić information content (AvgIpc) is 2.43. The van der Waals surface area contributed by atoms with Gasteiger partial charge in [0.1, 0.15) is 11.1 Å². The highest BCUT2D eigenvalue weighted by atomic mass is 16.4. The summed E-state index contributed by atoms with van der Waals surface area (Å²) in [5.74, 6) is -2.39. The Morgan fingerprint density at radius 3 is 2.75 bits per heavy atom. The molecule has 104 valence electrons. The van der Waals surface area contributed by atoms with Gasteiger partial charge in [-0.2, -0.15) is 0 Å². The first-order valence-corrected chi connectivity index (χ1v) is 6.03. The van der Waals surface area contributed by atoms with Gasteiger partial charge in [0.15, 0.2) is 0 Å². The lowest BCUT2D eigenvalue weighted by Crippen LogP contribution is -2.33. The molecule has 20 heavy (non-hydrogen) atoms. The maximum atomic E-state index is 11.9. The summed E-state index contributed by atoms with van der Waals surface area (Å²) in [6.07, 6.45) is 0. The monoisotopic (exact) mass is 275 g/mol. The molecule has 2 rings (SSSR count). The second-order valence-electron chi connectivity index (χ2n) is 4.43. The topological polar surface area (TPSA) is 96.6 Å². The molecule has 1 aromatic carbocycles. The predicted molar refractivity (Wildman–Crippen MR) is 71.6 cm³/mol. The van der Waals surface area contributed by atoms with Crippen LogP contribution >= 0.6 is 0 Å². The number of carboxylic acids is 1. The van der Waals surface area contributed by atoms with Crippen LogP contribution in [0.1, 0.15) is 17.3 Å². The number of fused-ring (bicyclic) bond motifs is 1. The van der Waals surface area contributed by atoms with Gasteiger partial charge in [-0.15, -0.1) is 0 Å². The quantitative estimate of drug-likeness (QED) is 0.818. The number of rotatable bonds is 4. The van der Waals surface area contributed by atoms with Gasteiger partial charge in [0.2, 0.25) is 0 Å². The molecule has 0 saturated heterocycles. The van der Waals surface area contributed by atoms with E-state index in [1.165, 1.54) is 13.0 Å². The summed E-state index contributed by atoms with van der Waals surface area (Å²) in [7, 11) is 0. The number of hydrogen-bond donors (Lipinski definition) is 2. The van der Waals surface area contributed by atoms with Gasteiger partial charge < -0.3 is 14.8 Å². The summed E-state index contributed by atoms with van der Waals surface area (Å²) < 4.78 is 5.04. The Kier molecular flexibility index (Phi) is 3.84. The normalized spacial score (nSPS) is 12.1. The average molecular weight is 275 g/mol. The molecule has 1 amide bonds. The summed E-state index contributed by atoms with van der Waals surface area (Å²) in [6.45, 7) is 1.41. The van der Waals surface area contributed by atoms with Gasteiger partial charge in [0, 0.05) is 11.9 Å². The Morgan fingerprint density at radius 2 is 2.05 bits per heavy atom. The Balaban J connectivity index is 2.24. The minimum absolute atomic E-state index is 0.0551. The van der Waals surface area contributed by atoms with Crippen LogP contribution < -0.4 is 10.9 Å². The zero-order valence-electron chi connectivity index (χ0n) is 10.8. The molecule has 0 bridgehead atoms. The van der Waals surface area contributed by atoms with Crippen LogP contribution in [0.3, 0.4) is 0 Å². The number of para-hydroxylation sites is 1. The lowest BCUT2D eigenvalue weighted by molar-refractivity contribution is -0.140. The van der Waals surface area contributed by atoms with Crippen molar-refractivity contribution in [2.45, 2.75) is 6.92 Å². The maximum absolute atomic E-state index is 11.9. The van der Waals surface area contributed by atoms with E-state index in [0.29, 0.717) is 11.0 Å². The number of hydrogen-bond acceptors (Lipinski definition) is 4. The van der Waals surface area contributed by atoms with Crippen molar-refractivity contribution in [2.24, 2.45) is 5.92 Å². The Hall–Kier alpha value is -2.63. The van der Waals surface area contributed by atoms with Gasteiger partial charge >= 0.3 is 11.6 Å². The van der Waals surface area contributed by atoms with Gasteiger partial charge in [-0.1, -0.05) is 25.1 Å². The third-order valence-electron chi connectivity index (χ3n) is 2.88. The number of amides is 1. The van der Waals surface area contributed by atoms with Crippen molar-refractivity contribution < 1.29 is 19.1 Å². The molecule has 0 radical (unpaired) electrons. The fourth-order valence-electron chi connectivity index (χ4n) is 1.65. The number of benzene rings is 1. The highest BCUT2D eigenvalue weighted by Crippen LogP contribution is 2.12. The van der Waals surface area contributed by atoms with E-state index in [1.807, 2.05) is 0 Å². The first-order chi connectivity index (χ1) is 9.49. The van der Waals surface area contributed by atoms with Gasteiger partial charge in [-0.05, 0) is 12.1 Å². The van der Waals surface area contributed by atoms with Crippen molar-refractivity contribution in [3.05, 3.63) is 46.3 Å². The first-order valence-electron chi connectivity index (χ1n) is 6.03. The molecule has 6 nitrogen and oxygen atoms in total. The molecule has 1 aromatic heterocycles. The zero-order valence-corrected chi connectivity index (χ0v) is 10.8. The van der Waals surface area contributed by atoms with Gasteiger partial charge in [0.05, 0.1) is 5.92 Å². The number of carbonyl (C=O) groups excluding carboxylic acids is 1. The molecule has 1 unspecified atom stereocenters. The van der Waals surface area contributed by atoms with E-state index in [0.717, 1.165) is 0 Å². The lowest BCUT2D eigenvalue weighted by Gasteiger charge is -2.08. The van der Waals surface area contributed by atoms with Crippen molar-refractivity contribution in [1.82, 2.24) is 5.32 Å². The second-order valence-corrected chi connectivity index (χ2v) is 4.43. The summed E-state index contributed by atoms with van der Waals surface area (Å²) in [5, 5.41) is 11.8. The summed E-state index contributed by atoms with van der Waals surface area (Å²) >= 11 is 0. The van der Waals surface area contributed by atoms with Crippen molar-refractivity contribution in [2.75, 3.05) is 6.54 Å². The minimum Gasteiger partial charge on any atom is -0.481 e. The molecule has 0 aliphatic rings. The summed E-state index contributed by atoms with van der Waals surface area (Å²) in [4.78, 5) is 34.2. The van der Waals surface area contributed by atoms with Crippen LogP contribution in [0.2, 0.25) is 0 Å². The van der Waals surface area contributed by atoms with E-state index in [-0.39, 0.29) is 12.1 Å². The fourth-order valence-corrected chi connectivity index (χ4v) is 1.65. The van der Waals surface area contributed by atoms with Crippen LogP contribution in [0.15, 0.2) is 39.5 Å². The van der Waals surface area contributed by atoms with E-state index in [1.54, 1.807) is 24.3 Å². The highest BCUT2D eigenvalue weighted by Gasteiger charge is 2.16. The third kappa shape index (κ3) is 2.85. The van der Waals surface area contributed by atoms with Gasteiger partial charge in [-0.25, -0.2) is 4.79 Å². The number of carbonyl (C=O) groups is 2. The SMILES string of the molecule is CC(CNC(=O)c1cc2ccccc2oc1=O)C(=O)O. The lowest BCUT2D eigenvalue weighted by atomic mass is 10.1. The molecule has 0 saturated carbocycles. The van der Waals surface area contributed by atoms with E-state index < -0.39 is 23.4 Å². The van der Waals surface area contributed by atoms with E-state index in [9.17, 15) is 14.4 Å². The predicted octanol–water partition coefficient (Wildman–Crippen LogP) is 1.24. The van der Waals surface area contributed by atoms with Crippen molar-refractivity contribution >= 4 is 22.8 Å². The van der Waals surface area contributed by atoms with E-state index in [2.05, 4.69) is 5.32 Å². The number of nitrogens with one attached hydrogen (secondary N) is 1. The molecule has 0 spiro atoms. The largest absolute Gasteiger partial charge is 0.481 e.